The zero-order valence-electron chi connectivity index (χ0n) is 16.2. The Kier molecular flexibility index (Phi) is 9.55. The number of nitrogens with zero attached hydrogens (tertiary/aromatic N) is 2. The Hall–Kier alpha value is -2.10. The summed E-state index contributed by atoms with van der Waals surface area (Å²) in [7, 11) is 0. The fraction of sp³-hybridized carbons (Fsp3) is 0.545. The molecule has 2 aromatic heterocycles. The Morgan fingerprint density at radius 2 is 1.12 bits per heavy atom. The van der Waals surface area contributed by atoms with Crippen molar-refractivity contribution in [1.29, 1.82) is 0 Å². The summed E-state index contributed by atoms with van der Waals surface area (Å²) in [6.45, 7) is 5.92. The number of hydrogen-bond acceptors (Lipinski definition) is 4. The maximum absolute atomic E-state index is 5.85. The first-order valence-corrected chi connectivity index (χ1v) is 10.0. The van der Waals surface area contributed by atoms with Gasteiger partial charge in [0.05, 0.1) is 24.6 Å². The molecule has 2 rings (SSSR count). The van der Waals surface area contributed by atoms with Crippen LogP contribution in [-0.4, -0.2) is 23.2 Å². The van der Waals surface area contributed by atoms with E-state index in [0.717, 1.165) is 48.9 Å². The van der Waals surface area contributed by atoms with E-state index in [0.29, 0.717) is 0 Å². The van der Waals surface area contributed by atoms with Crippen molar-refractivity contribution in [2.24, 2.45) is 0 Å². The third-order valence-electron chi connectivity index (χ3n) is 4.26. The molecule has 0 N–H and O–H groups in total. The predicted molar refractivity (Wildman–Crippen MR) is 107 cm³/mol. The molecule has 0 saturated heterocycles. The molecule has 0 unspecified atom stereocenters. The van der Waals surface area contributed by atoms with E-state index in [1.807, 2.05) is 24.3 Å². The van der Waals surface area contributed by atoms with E-state index in [4.69, 9.17) is 9.47 Å². The highest BCUT2D eigenvalue weighted by Crippen LogP contribution is 2.23. The first-order chi connectivity index (χ1) is 12.8. The smallest absolute Gasteiger partial charge is 0.123 e. The average Bonchev–Trinajstić information content (AvgIpc) is 2.68. The van der Waals surface area contributed by atoms with Gasteiger partial charge in [0.1, 0.15) is 11.5 Å². The molecule has 4 heteroatoms. The molecular weight excluding hydrogens is 324 g/mol. The summed E-state index contributed by atoms with van der Waals surface area (Å²) in [5, 5.41) is 0. The number of unbranched alkanes of at least 4 members (excludes halogenated alkanes) is 6. The lowest BCUT2D eigenvalue weighted by molar-refractivity contribution is 0.304. The lowest BCUT2D eigenvalue weighted by Gasteiger charge is -2.09. The van der Waals surface area contributed by atoms with Gasteiger partial charge in [-0.25, -0.2) is 0 Å². The minimum Gasteiger partial charge on any atom is -0.493 e. The minimum atomic E-state index is 0.748. The Bertz CT molecular complexity index is 576. The fourth-order valence-electron chi connectivity index (χ4n) is 2.72. The van der Waals surface area contributed by atoms with Crippen LogP contribution in [-0.2, 0) is 0 Å². The second-order valence-electron chi connectivity index (χ2n) is 6.57. The van der Waals surface area contributed by atoms with Crippen LogP contribution in [0.4, 0.5) is 0 Å². The lowest BCUT2D eigenvalue weighted by atomic mass is 10.2. The van der Waals surface area contributed by atoms with Crippen LogP contribution >= 0.6 is 0 Å². The predicted octanol–water partition coefficient (Wildman–Crippen LogP) is 6.06. The Morgan fingerprint density at radius 1 is 0.654 bits per heavy atom. The van der Waals surface area contributed by atoms with Crippen molar-refractivity contribution in [2.45, 2.75) is 65.2 Å². The van der Waals surface area contributed by atoms with Crippen LogP contribution in [0.3, 0.4) is 0 Å². The number of aromatic nitrogens is 2. The van der Waals surface area contributed by atoms with Crippen LogP contribution in [0.25, 0.3) is 11.4 Å². The van der Waals surface area contributed by atoms with Crippen molar-refractivity contribution in [1.82, 2.24) is 9.97 Å². The fourth-order valence-corrected chi connectivity index (χ4v) is 2.72. The van der Waals surface area contributed by atoms with E-state index in [9.17, 15) is 0 Å². The number of pyridine rings is 2. The summed E-state index contributed by atoms with van der Waals surface area (Å²) in [6.07, 6.45) is 13.2. The van der Waals surface area contributed by atoms with E-state index < -0.39 is 0 Å². The summed E-state index contributed by atoms with van der Waals surface area (Å²) in [4.78, 5) is 8.86. The van der Waals surface area contributed by atoms with Crippen LogP contribution in [0.2, 0.25) is 0 Å². The van der Waals surface area contributed by atoms with Gasteiger partial charge in [-0.1, -0.05) is 52.4 Å². The van der Waals surface area contributed by atoms with Crippen molar-refractivity contribution < 1.29 is 9.47 Å². The van der Waals surface area contributed by atoms with Gasteiger partial charge in [-0.3, -0.25) is 9.97 Å². The molecule has 0 aliphatic rings. The molecular formula is C22H32N2O2. The number of hydrogen-bond donors (Lipinski definition) is 0. The molecule has 0 bridgehead atoms. The molecule has 0 atom stereocenters. The summed E-state index contributed by atoms with van der Waals surface area (Å²) < 4.78 is 11.7. The van der Waals surface area contributed by atoms with Gasteiger partial charge in [0.15, 0.2) is 0 Å². The van der Waals surface area contributed by atoms with Crippen molar-refractivity contribution in [3.8, 4) is 22.9 Å². The highest BCUT2D eigenvalue weighted by atomic mass is 16.5. The van der Waals surface area contributed by atoms with E-state index in [2.05, 4.69) is 23.8 Å². The highest BCUT2D eigenvalue weighted by molar-refractivity contribution is 5.57. The molecule has 0 spiro atoms. The Balaban J connectivity index is 1.89. The first-order valence-electron chi connectivity index (χ1n) is 10.0. The first kappa shape index (κ1) is 20.2. The summed E-state index contributed by atoms with van der Waals surface area (Å²) in [5.74, 6) is 1.69. The van der Waals surface area contributed by atoms with Crippen molar-refractivity contribution in [2.75, 3.05) is 13.2 Å². The lowest BCUT2D eigenvalue weighted by Crippen LogP contribution is -1.99. The second kappa shape index (κ2) is 12.3. The summed E-state index contributed by atoms with van der Waals surface area (Å²) in [6, 6.07) is 7.70. The Morgan fingerprint density at radius 3 is 1.54 bits per heavy atom. The van der Waals surface area contributed by atoms with Crippen molar-refractivity contribution in [3.63, 3.8) is 0 Å². The summed E-state index contributed by atoms with van der Waals surface area (Å²) in [5.41, 5.74) is 1.62. The quantitative estimate of drug-likeness (QED) is 0.409. The molecule has 26 heavy (non-hydrogen) atoms. The summed E-state index contributed by atoms with van der Waals surface area (Å²) >= 11 is 0. The van der Waals surface area contributed by atoms with E-state index in [1.54, 1.807) is 12.4 Å². The largest absolute Gasteiger partial charge is 0.493 e. The molecule has 0 fully saturated rings. The van der Waals surface area contributed by atoms with Gasteiger partial charge in [0, 0.05) is 24.5 Å². The zero-order chi connectivity index (χ0) is 18.5. The molecule has 0 aliphatic heterocycles. The van der Waals surface area contributed by atoms with Crippen molar-refractivity contribution in [3.05, 3.63) is 36.7 Å². The molecule has 0 aromatic carbocycles. The highest BCUT2D eigenvalue weighted by Gasteiger charge is 2.05. The van der Waals surface area contributed by atoms with Crippen LogP contribution < -0.4 is 9.47 Å². The van der Waals surface area contributed by atoms with E-state index in [1.165, 1.54) is 38.5 Å². The van der Waals surface area contributed by atoms with Crippen LogP contribution in [0.5, 0.6) is 11.5 Å². The number of rotatable bonds is 13. The molecule has 0 radical (unpaired) electrons. The van der Waals surface area contributed by atoms with Gasteiger partial charge in [-0.05, 0) is 25.0 Å². The molecule has 142 valence electrons. The van der Waals surface area contributed by atoms with Crippen LogP contribution in [0.15, 0.2) is 36.7 Å². The molecule has 2 heterocycles. The van der Waals surface area contributed by atoms with Gasteiger partial charge < -0.3 is 9.47 Å². The zero-order valence-corrected chi connectivity index (χ0v) is 16.2. The van der Waals surface area contributed by atoms with E-state index in [-0.39, 0.29) is 0 Å². The third-order valence-corrected chi connectivity index (χ3v) is 4.26. The topological polar surface area (TPSA) is 44.2 Å². The molecule has 0 saturated carbocycles. The standard InChI is InChI=1S/C22H32N2O2/c1-3-5-7-9-15-25-19-11-13-23-21(17-19)22-18-20(12-14-24-22)26-16-10-8-6-4-2/h11-14,17-18H,3-10,15-16H2,1-2H3. The second-order valence-corrected chi connectivity index (χ2v) is 6.57. The van der Waals surface area contributed by atoms with Gasteiger partial charge in [0.2, 0.25) is 0 Å². The average molecular weight is 357 g/mol. The van der Waals surface area contributed by atoms with Gasteiger partial charge in [-0.2, -0.15) is 0 Å². The third kappa shape index (κ3) is 7.42. The monoisotopic (exact) mass is 356 g/mol. The van der Waals surface area contributed by atoms with E-state index >= 15 is 0 Å². The van der Waals surface area contributed by atoms with Crippen LogP contribution in [0.1, 0.15) is 65.2 Å². The maximum atomic E-state index is 5.85. The number of ether oxygens (including phenoxy) is 2. The molecule has 0 aliphatic carbocycles. The minimum absolute atomic E-state index is 0.748. The molecule has 4 nitrogen and oxygen atoms in total. The Labute approximate surface area is 158 Å². The van der Waals surface area contributed by atoms with Gasteiger partial charge >= 0.3 is 0 Å². The molecule has 2 aromatic rings. The maximum Gasteiger partial charge on any atom is 0.123 e. The SMILES string of the molecule is CCCCCCOc1ccnc(-c2cc(OCCCCCC)ccn2)c1. The normalized spacial score (nSPS) is 10.7. The van der Waals surface area contributed by atoms with Crippen molar-refractivity contribution >= 4 is 0 Å². The van der Waals surface area contributed by atoms with Crippen LogP contribution in [0, 0.1) is 0 Å². The van der Waals surface area contributed by atoms with Gasteiger partial charge in [-0.15, -0.1) is 0 Å². The van der Waals surface area contributed by atoms with Gasteiger partial charge in [0.25, 0.3) is 0 Å². The molecule has 0 amide bonds.